The fourth-order valence-electron chi connectivity index (χ4n) is 2.12. The van der Waals surface area contributed by atoms with E-state index in [-0.39, 0.29) is 18.4 Å². The third-order valence-electron chi connectivity index (χ3n) is 3.45. The Morgan fingerprint density at radius 3 is 2.62 bits per heavy atom. The molecule has 0 aliphatic rings. The quantitative estimate of drug-likeness (QED) is 0.600. The molecule has 0 saturated carbocycles. The molecule has 0 aliphatic carbocycles. The van der Waals surface area contributed by atoms with E-state index in [1.807, 2.05) is 13.0 Å². The van der Waals surface area contributed by atoms with Crippen molar-refractivity contribution in [2.24, 2.45) is 5.10 Å². The SMILES string of the molecule is CC(=O)Nc1cccc(/C(C)=N\NC(=O)COc2ccc(Cl)c(C)c2)c1. The summed E-state index contributed by atoms with van der Waals surface area (Å²) in [5.74, 6) is 0.0281. The third-order valence-corrected chi connectivity index (χ3v) is 3.87. The molecule has 136 valence electrons. The van der Waals surface area contributed by atoms with Gasteiger partial charge in [-0.05, 0) is 55.3 Å². The van der Waals surface area contributed by atoms with E-state index < -0.39 is 0 Å². The molecule has 2 aromatic carbocycles. The molecule has 0 spiro atoms. The lowest BCUT2D eigenvalue weighted by molar-refractivity contribution is -0.123. The van der Waals surface area contributed by atoms with Crippen LogP contribution in [0.2, 0.25) is 5.02 Å². The minimum absolute atomic E-state index is 0.153. The van der Waals surface area contributed by atoms with Crippen molar-refractivity contribution in [3.8, 4) is 5.75 Å². The summed E-state index contributed by atoms with van der Waals surface area (Å²) < 4.78 is 5.42. The van der Waals surface area contributed by atoms with Gasteiger partial charge < -0.3 is 10.1 Å². The molecule has 2 aromatic rings. The van der Waals surface area contributed by atoms with Gasteiger partial charge in [0.25, 0.3) is 5.91 Å². The number of hydrazone groups is 1. The molecule has 0 radical (unpaired) electrons. The maximum absolute atomic E-state index is 11.9. The highest BCUT2D eigenvalue weighted by molar-refractivity contribution is 6.31. The first-order chi connectivity index (χ1) is 12.3. The van der Waals surface area contributed by atoms with Crippen LogP contribution in [-0.2, 0) is 9.59 Å². The molecule has 2 rings (SSSR count). The summed E-state index contributed by atoms with van der Waals surface area (Å²) in [7, 11) is 0. The van der Waals surface area contributed by atoms with E-state index in [1.165, 1.54) is 6.92 Å². The number of hydrogen-bond donors (Lipinski definition) is 2. The normalized spacial score (nSPS) is 11.0. The standard InChI is InChI=1S/C19H20ClN3O3/c1-12-9-17(7-8-18(12)20)26-11-19(25)23-22-13(2)15-5-4-6-16(10-15)21-14(3)24/h4-10H,11H2,1-3H3,(H,21,24)(H,23,25)/b22-13-. The van der Waals surface area contributed by atoms with Gasteiger partial charge in [0.2, 0.25) is 5.91 Å². The van der Waals surface area contributed by atoms with Gasteiger partial charge in [0.15, 0.2) is 6.61 Å². The van der Waals surface area contributed by atoms with Crippen LogP contribution in [0, 0.1) is 6.92 Å². The monoisotopic (exact) mass is 373 g/mol. The molecule has 0 aliphatic heterocycles. The highest BCUT2D eigenvalue weighted by Gasteiger charge is 2.05. The molecular weight excluding hydrogens is 354 g/mol. The van der Waals surface area contributed by atoms with E-state index >= 15 is 0 Å². The Bertz CT molecular complexity index is 850. The summed E-state index contributed by atoms with van der Waals surface area (Å²) in [5.41, 5.74) is 5.37. The molecule has 26 heavy (non-hydrogen) atoms. The number of benzene rings is 2. The number of halogens is 1. The molecule has 0 heterocycles. The van der Waals surface area contributed by atoms with Crippen LogP contribution in [0.15, 0.2) is 47.6 Å². The first-order valence-corrected chi connectivity index (χ1v) is 8.33. The number of hydrogen-bond acceptors (Lipinski definition) is 4. The fourth-order valence-corrected chi connectivity index (χ4v) is 2.24. The fraction of sp³-hybridized carbons (Fsp3) is 0.211. The van der Waals surface area contributed by atoms with E-state index in [2.05, 4.69) is 15.8 Å². The van der Waals surface area contributed by atoms with Crippen LogP contribution in [0.1, 0.15) is 25.0 Å². The van der Waals surface area contributed by atoms with Crippen molar-refractivity contribution in [3.63, 3.8) is 0 Å². The van der Waals surface area contributed by atoms with Crippen LogP contribution in [0.5, 0.6) is 5.75 Å². The summed E-state index contributed by atoms with van der Waals surface area (Å²) in [5, 5.41) is 7.41. The number of carbonyl (C=O) groups excluding carboxylic acids is 2. The van der Waals surface area contributed by atoms with Gasteiger partial charge in [-0.3, -0.25) is 9.59 Å². The van der Waals surface area contributed by atoms with Crippen LogP contribution in [0.25, 0.3) is 0 Å². The lowest BCUT2D eigenvalue weighted by Crippen LogP contribution is -2.25. The van der Waals surface area contributed by atoms with Crippen molar-refractivity contribution < 1.29 is 14.3 Å². The first-order valence-electron chi connectivity index (χ1n) is 7.95. The number of amides is 2. The number of carbonyl (C=O) groups is 2. The molecule has 0 aromatic heterocycles. The van der Waals surface area contributed by atoms with Gasteiger partial charge >= 0.3 is 0 Å². The Morgan fingerprint density at radius 1 is 1.15 bits per heavy atom. The second-order valence-electron chi connectivity index (χ2n) is 5.69. The van der Waals surface area contributed by atoms with E-state index in [0.717, 1.165) is 11.1 Å². The average Bonchev–Trinajstić information content (AvgIpc) is 2.60. The Kier molecular flexibility index (Phi) is 6.74. The highest BCUT2D eigenvalue weighted by Crippen LogP contribution is 2.20. The number of aryl methyl sites for hydroxylation is 1. The van der Waals surface area contributed by atoms with Gasteiger partial charge in [-0.1, -0.05) is 23.7 Å². The van der Waals surface area contributed by atoms with Gasteiger partial charge in [-0.15, -0.1) is 0 Å². The van der Waals surface area contributed by atoms with Crippen LogP contribution >= 0.6 is 11.6 Å². The Balaban J connectivity index is 1.92. The molecule has 0 saturated heterocycles. The maximum atomic E-state index is 11.9. The predicted octanol–water partition coefficient (Wildman–Crippen LogP) is 3.53. The van der Waals surface area contributed by atoms with Crippen molar-refractivity contribution in [2.45, 2.75) is 20.8 Å². The van der Waals surface area contributed by atoms with Gasteiger partial charge in [-0.2, -0.15) is 5.10 Å². The molecular formula is C19H20ClN3O3. The highest BCUT2D eigenvalue weighted by atomic mass is 35.5. The molecule has 6 nitrogen and oxygen atoms in total. The van der Waals surface area contributed by atoms with E-state index in [9.17, 15) is 9.59 Å². The van der Waals surface area contributed by atoms with Crippen molar-refractivity contribution in [1.29, 1.82) is 0 Å². The van der Waals surface area contributed by atoms with Gasteiger partial charge in [0.05, 0.1) is 5.71 Å². The molecule has 0 unspecified atom stereocenters. The van der Waals surface area contributed by atoms with Gasteiger partial charge in [-0.25, -0.2) is 5.43 Å². The largest absolute Gasteiger partial charge is 0.484 e. The molecule has 0 fully saturated rings. The second kappa shape index (κ2) is 9.01. The predicted molar refractivity (Wildman–Crippen MR) is 103 cm³/mol. The van der Waals surface area contributed by atoms with Crippen LogP contribution in [0.4, 0.5) is 5.69 Å². The topological polar surface area (TPSA) is 79.8 Å². The first kappa shape index (κ1) is 19.5. The number of nitrogens with one attached hydrogen (secondary N) is 2. The zero-order chi connectivity index (χ0) is 19.1. The molecule has 7 heteroatoms. The van der Waals surface area contributed by atoms with Crippen molar-refractivity contribution in [3.05, 3.63) is 58.6 Å². The number of anilines is 1. The minimum Gasteiger partial charge on any atom is -0.484 e. The summed E-state index contributed by atoms with van der Waals surface area (Å²) in [4.78, 5) is 23.0. The zero-order valence-corrected chi connectivity index (χ0v) is 15.6. The minimum atomic E-state index is -0.380. The van der Waals surface area contributed by atoms with E-state index in [0.29, 0.717) is 22.2 Å². The summed E-state index contributed by atoms with van der Waals surface area (Å²) >= 11 is 5.95. The molecule has 0 atom stereocenters. The van der Waals surface area contributed by atoms with E-state index in [4.69, 9.17) is 16.3 Å². The molecule has 2 amide bonds. The van der Waals surface area contributed by atoms with Crippen LogP contribution in [-0.4, -0.2) is 24.1 Å². The van der Waals surface area contributed by atoms with Crippen LogP contribution in [0.3, 0.4) is 0 Å². The maximum Gasteiger partial charge on any atom is 0.277 e. The van der Waals surface area contributed by atoms with Gasteiger partial charge in [0.1, 0.15) is 5.75 Å². The van der Waals surface area contributed by atoms with Crippen molar-refractivity contribution >= 4 is 34.8 Å². The van der Waals surface area contributed by atoms with E-state index in [1.54, 1.807) is 43.3 Å². The Morgan fingerprint density at radius 2 is 1.92 bits per heavy atom. The number of nitrogens with zero attached hydrogens (tertiary/aromatic N) is 1. The Hall–Kier alpha value is -2.86. The average molecular weight is 374 g/mol. The van der Waals surface area contributed by atoms with Crippen molar-refractivity contribution in [1.82, 2.24) is 5.43 Å². The summed E-state index contributed by atoms with van der Waals surface area (Å²) in [6, 6.07) is 12.4. The summed E-state index contributed by atoms with van der Waals surface area (Å²) in [6.45, 7) is 4.90. The third kappa shape index (κ3) is 5.89. The Labute approximate surface area is 157 Å². The molecule has 2 N–H and O–H groups in total. The lowest BCUT2D eigenvalue weighted by atomic mass is 10.1. The summed E-state index contributed by atoms with van der Waals surface area (Å²) in [6.07, 6.45) is 0. The zero-order valence-electron chi connectivity index (χ0n) is 14.8. The van der Waals surface area contributed by atoms with Gasteiger partial charge in [0, 0.05) is 17.6 Å². The number of ether oxygens (including phenoxy) is 1. The second-order valence-corrected chi connectivity index (χ2v) is 6.10. The number of rotatable bonds is 6. The lowest BCUT2D eigenvalue weighted by Gasteiger charge is -2.08. The van der Waals surface area contributed by atoms with Crippen LogP contribution < -0.4 is 15.5 Å². The molecule has 0 bridgehead atoms. The van der Waals surface area contributed by atoms with Crippen molar-refractivity contribution in [2.75, 3.05) is 11.9 Å². The smallest absolute Gasteiger partial charge is 0.277 e.